The number of hydrogen-bond acceptors (Lipinski definition) is 2. The van der Waals surface area contributed by atoms with Crippen LogP contribution < -0.4 is 0 Å². The third-order valence-electron chi connectivity index (χ3n) is 2.24. The van der Waals surface area contributed by atoms with Crippen LogP contribution in [0.15, 0.2) is 29.2 Å². The van der Waals surface area contributed by atoms with Gasteiger partial charge in [-0.2, -0.15) is 0 Å². The predicted octanol–water partition coefficient (Wildman–Crippen LogP) is 3.41. The molecule has 0 atom stereocenters. The molecule has 0 aliphatic heterocycles. The van der Waals surface area contributed by atoms with Crippen molar-refractivity contribution in [3.05, 3.63) is 29.3 Å². The number of thioether (sulfide) groups is 1. The topological polar surface area (TPSA) is 17.1 Å². The Balaban J connectivity index is 1.91. The lowest BCUT2D eigenvalue weighted by Crippen LogP contribution is -2.02. The van der Waals surface area contributed by atoms with E-state index < -0.39 is 0 Å². The van der Waals surface area contributed by atoms with Crippen molar-refractivity contribution >= 4 is 29.1 Å². The highest BCUT2D eigenvalue weighted by atomic mass is 35.5. The molecule has 14 heavy (non-hydrogen) atoms. The molecule has 1 aromatic carbocycles. The molecule has 1 aromatic rings. The molecule has 0 unspecified atom stereocenters. The maximum atomic E-state index is 11.4. The molecule has 0 heterocycles. The number of hydrogen-bond donors (Lipinski definition) is 0. The average Bonchev–Trinajstić information content (AvgIpc) is 2.99. The number of benzene rings is 1. The van der Waals surface area contributed by atoms with E-state index >= 15 is 0 Å². The molecule has 3 heteroatoms. The van der Waals surface area contributed by atoms with E-state index in [4.69, 9.17) is 11.6 Å². The molecular formula is C11H11ClOS. The molecule has 0 aromatic heterocycles. The summed E-state index contributed by atoms with van der Waals surface area (Å²) >= 11 is 7.51. The second kappa shape index (κ2) is 4.37. The lowest BCUT2D eigenvalue weighted by atomic mass is 10.3. The van der Waals surface area contributed by atoms with E-state index in [0.717, 1.165) is 22.8 Å². The Morgan fingerprint density at radius 2 is 2.14 bits per heavy atom. The molecule has 1 fully saturated rings. The van der Waals surface area contributed by atoms with Crippen LogP contribution >= 0.6 is 23.4 Å². The lowest BCUT2D eigenvalue weighted by Gasteiger charge is -2.01. The quantitative estimate of drug-likeness (QED) is 0.732. The van der Waals surface area contributed by atoms with Gasteiger partial charge in [-0.25, -0.2) is 0 Å². The first-order valence-corrected chi connectivity index (χ1v) is 6.04. The van der Waals surface area contributed by atoms with Crippen molar-refractivity contribution < 1.29 is 4.79 Å². The van der Waals surface area contributed by atoms with Crippen molar-refractivity contribution in [2.24, 2.45) is 5.92 Å². The van der Waals surface area contributed by atoms with E-state index in [1.807, 2.05) is 24.3 Å². The molecule has 0 saturated heterocycles. The minimum absolute atomic E-state index is 0.352. The van der Waals surface area contributed by atoms with Crippen molar-refractivity contribution in [1.29, 1.82) is 0 Å². The first-order chi connectivity index (χ1) is 6.77. The zero-order chi connectivity index (χ0) is 9.97. The molecule has 0 bridgehead atoms. The van der Waals surface area contributed by atoms with Gasteiger partial charge in [-0.3, -0.25) is 4.79 Å². The summed E-state index contributed by atoms with van der Waals surface area (Å²) in [4.78, 5) is 12.4. The van der Waals surface area contributed by atoms with Crippen LogP contribution in [-0.2, 0) is 4.79 Å². The van der Waals surface area contributed by atoms with Crippen LogP contribution in [0.3, 0.4) is 0 Å². The molecule has 0 radical (unpaired) electrons. The standard InChI is InChI=1S/C11H11ClOS/c12-9-3-1-2-4-11(9)14-7-10(13)8-5-6-8/h1-4,8H,5-7H2. The Hall–Kier alpha value is -0.470. The van der Waals surface area contributed by atoms with Crippen molar-refractivity contribution in [2.75, 3.05) is 5.75 Å². The molecule has 0 amide bonds. The van der Waals surface area contributed by atoms with Gasteiger partial charge in [-0.15, -0.1) is 11.8 Å². The molecule has 0 N–H and O–H groups in total. The predicted molar refractivity (Wildman–Crippen MR) is 59.9 cm³/mol. The maximum Gasteiger partial charge on any atom is 0.146 e. The van der Waals surface area contributed by atoms with Crippen molar-refractivity contribution in [3.63, 3.8) is 0 Å². The summed E-state index contributed by atoms with van der Waals surface area (Å²) < 4.78 is 0. The molecule has 1 saturated carbocycles. The Morgan fingerprint density at radius 3 is 2.79 bits per heavy atom. The fourth-order valence-corrected chi connectivity index (χ4v) is 2.45. The third kappa shape index (κ3) is 2.52. The van der Waals surface area contributed by atoms with Gasteiger partial charge >= 0.3 is 0 Å². The lowest BCUT2D eigenvalue weighted by molar-refractivity contribution is -0.117. The second-order valence-corrected chi connectivity index (χ2v) is 4.88. The third-order valence-corrected chi connectivity index (χ3v) is 3.78. The summed E-state index contributed by atoms with van der Waals surface area (Å²) in [5, 5.41) is 0.737. The number of ketones is 1. The van der Waals surface area contributed by atoms with E-state index in [2.05, 4.69) is 0 Å². The van der Waals surface area contributed by atoms with Gasteiger partial charge in [0.05, 0.1) is 10.8 Å². The molecule has 0 spiro atoms. The van der Waals surface area contributed by atoms with Crippen LogP contribution in [0.25, 0.3) is 0 Å². The van der Waals surface area contributed by atoms with Crippen LogP contribution in [0.5, 0.6) is 0 Å². The van der Waals surface area contributed by atoms with E-state index in [1.165, 1.54) is 0 Å². The largest absolute Gasteiger partial charge is 0.298 e. The zero-order valence-electron chi connectivity index (χ0n) is 7.70. The van der Waals surface area contributed by atoms with Crippen LogP contribution in [-0.4, -0.2) is 11.5 Å². The van der Waals surface area contributed by atoms with Crippen LogP contribution in [0.2, 0.25) is 5.02 Å². The number of carbonyl (C=O) groups excluding carboxylic acids is 1. The first-order valence-electron chi connectivity index (χ1n) is 4.67. The number of halogens is 1. The molecular weight excluding hydrogens is 216 g/mol. The van der Waals surface area contributed by atoms with Gasteiger partial charge in [0, 0.05) is 10.8 Å². The highest BCUT2D eigenvalue weighted by Gasteiger charge is 2.28. The molecule has 2 rings (SSSR count). The molecule has 1 aliphatic carbocycles. The monoisotopic (exact) mass is 226 g/mol. The summed E-state index contributed by atoms with van der Waals surface area (Å²) in [6.45, 7) is 0. The van der Waals surface area contributed by atoms with Crippen LogP contribution in [0.4, 0.5) is 0 Å². The maximum absolute atomic E-state index is 11.4. The van der Waals surface area contributed by atoms with Gasteiger partial charge in [-0.05, 0) is 25.0 Å². The van der Waals surface area contributed by atoms with Crippen molar-refractivity contribution in [3.8, 4) is 0 Å². The Kier molecular flexibility index (Phi) is 3.14. The summed E-state index contributed by atoms with van der Waals surface area (Å²) in [7, 11) is 0. The Bertz CT molecular complexity index is 347. The highest BCUT2D eigenvalue weighted by molar-refractivity contribution is 8.00. The SMILES string of the molecule is O=C(CSc1ccccc1Cl)C1CC1. The Labute approximate surface area is 92.8 Å². The highest BCUT2D eigenvalue weighted by Crippen LogP contribution is 2.33. The minimum Gasteiger partial charge on any atom is -0.298 e. The van der Waals surface area contributed by atoms with Gasteiger partial charge in [0.1, 0.15) is 5.78 Å². The molecule has 1 aliphatic rings. The summed E-state index contributed by atoms with van der Waals surface area (Å²) in [6.07, 6.45) is 2.17. The van der Waals surface area contributed by atoms with E-state index in [-0.39, 0.29) is 0 Å². The van der Waals surface area contributed by atoms with E-state index in [1.54, 1.807) is 11.8 Å². The minimum atomic E-state index is 0.352. The Morgan fingerprint density at radius 1 is 1.43 bits per heavy atom. The van der Waals surface area contributed by atoms with Crippen molar-refractivity contribution in [1.82, 2.24) is 0 Å². The fraction of sp³-hybridized carbons (Fsp3) is 0.364. The smallest absolute Gasteiger partial charge is 0.146 e. The van der Waals surface area contributed by atoms with Gasteiger partial charge in [-0.1, -0.05) is 23.7 Å². The van der Waals surface area contributed by atoms with Gasteiger partial charge in [0.2, 0.25) is 0 Å². The van der Waals surface area contributed by atoms with Gasteiger partial charge in [0.25, 0.3) is 0 Å². The van der Waals surface area contributed by atoms with E-state index in [0.29, 0.717) is 17.5 Å². The zero-order valence-corrected chi connectivity index (χ0v) is 9.27. The first kappa shape index (κ1) is 10.1. The summed E-state index contributed by atoms with van der Waals surface area (Å²) in [5.74, 6) is 1.29. The van der Waals surface area contributed by atoms with Crippen LogP contribution in [0, 0.1) is 5.92 Å². The fourth-order valence-electron chi connectivity index (χ4n) is 1.23. The summed E-state index contributed by atoms with van der Waals surface area (Å²) in [6, 6.07) is 7.64. The molecule has 74 valence electrons. The van der Waals surface area contributed by atoms with Gasteiger partial charge in [0.15, 0.2) is 0 Å². The van der Waals surface area contributed by atoms with E-state index in [9.17, 15) is 4.79 Å². The molecule has 1 nitrogen and oxygen atoms in total. The van der Waals surface area contributed by atoms with Crippen molar-refractivity contribution in [2.45, 2.75) is 17.7 Å². The normalized spacial score (nSPS) is 15.5. The van der Waals surface area contributed by atoms with Gasteiger partial charge < -0.3 is 0 Å². The average molecular weight is 227 g/mol. The number of rotatable bonds is 4. The summed E-state index contributed by atoms with van der Waals surface area (Å²) in [5.41, 5.74) is 0. The number of carbonyl (C=O) groups is 1. The second-order valence-electron chi connectivity index (χ2n) is 3.46. The van der Waals surface area contributed by atoms with Crippen LogP contribution in [0.1, 0.15) is 12.8 Å². The number of Topliss-reactive ketones (excluding diaryl/α,β-unsaturated/α-hetero) is 1.